The molecule has 0 aliphatic carbocycles. The van der Waals surface area contributed by atoms with E-state index in [-0.39, 0.29) is 30.9 Å². The fraction of sp³-hybridized carbons (Fsp3) is 0.778. The van der Waals surface area contributed by atoms with Gasteiger partial charge in [0, 0.05) is 12.5 Å². The largest absolute Gasteiger partial charge is 0.396 e. The number of hydrogen-bond donors (Lipinski definition) is 1. The molecule has 0 aliphatic rings. The van der Waals surface area contributed by atoms with E-state index < -0.39 is 0 Å². The van der Waals surface area contributed by atoms with E-state index in [0.29, 0.717) is 6.42 Å². The molecule has 0 unspecified atom stereocenters. The standard InChI is InChI=1S/C9H17NO3/c1-4-8(12)10(7(2)3)9(13)5-6-11/h7,11H,4-6H2,1-3H3. The fourth-order valence-corrected chi connectivity index (χ4v) is 1.10. The van der Waals surface area contributed by atoms with Crippen LogP contribution in [0.15, 0.2) is 0 Å². The number of aliphatic hydroxyl groups excluding tert-OH is 1. The maximum Gasteiger partial charge on any atom is 0.231 e. The van der Waals surface area contributed by atoms with Crippen molar-refractivity contribution in [2.24, 2.45) is 0 Å². The average molecular weight is 187 g/mol. The summed E-state index contributed by atoms with van der Waals surface area (Å²) in [5.74, 6) is -0.488. The topological polar surface area (TPSA) is 57.6 Å². The lowest BCUT2D eigenvalue weighted by atomic mass is 10.2. The number of hydrogen-bond acceptors (Lipinski definition) is 3. The van der Waals surface area contributed by atoms with Crippen LogP contribution in [-0.2, 0) is 9.59 Å². The van der Waals surface area contributed by atoms with Gasteiger partial charge in [0.1, 0.15) is 0 Å². The first-order valence-electron chi connectivity index (χ1n) is 4.50. The number of rotatable bonds is 4. The lowest BCUT2D eigenvalue weighted by Gasteiger charge is -2.23. The predicted octanol–water partition coefficient (Wildman–Crippen LogP) is 0.542. The Morgan fingerprint density at radius 1 is 1.31 bits per heavy atom. The van der Waals surface area contributed by atoms with Gasteiger partial charge in [0.2, 0.25) is 11.8 Å². The molecule has 0 aromatic rings. The van der Waals surface area contributed by atoms with E-state index in [1.807, 2.05) is 0 Å². The summed E-state index contributed by atoms with van der Waals surface area (Å²) in [7, 11) is 0. The zero-order chi connectivity index (χ0) is 10.4. The Hall–Kier alpha value is -0.900. The Labute approximate surface area is 78.5 Å². The highest BCUT2D eigenvalue weighted by Gasteiger charge is 2.21. The monoisotopic (exact) mass is 187 g/mol. The van der Waals surface area contributed by atoms with Gasteiger partial charge in [-0.3, -0.25) is 14.5 Å². The van der Waals surface area contributed by atoms with Crippen molar-refractivity contribution < 1.29 is 14.7 Å². The molecule has 0 atom stereocenters. The number of nitrogens with zero attached hydrogens (tertiary/aromatic N) is 1. The quantitative estimate of drug-likeness (QED) is 0.699. The minimum absolute atomic E-state index is 0.0178. The lowest BCUT2D eigenvalue weighted by molar-refractivity contribution is -0.147. The van der Waals surface area contributed by atoms with Gasteiger partial charge < -0.3 is 5.11 Å². The van der Waals surface area contributed by atoms with Crippen molar-refractivity contribution in [3.8, 4) is 0 Å². The van der Waals surface area contributed by atoms with Crippen molar-refractivity contribution in [1.29, 1.82) is 0 Å². The second kappa shape index (κ2) is 5.70. The molecule has 2 amide bonds. The van der Waals surface area contributed by atoms with Crippen molar-refractivity contribution in [2.45, 2.75) is 39.7 Å². The molecule has 4 heteroatoms. The molecular formula is C9H17NO3. The Morgan fingerprint density at radius 2 is 1.85 bits per heavy atom. The van der Waals surface area contributed by atoms with Gasteiger partial charge >= 0.3 is 0 Å². The van der Waals surface area contributed by atoms with Crippen molar-refractivity contribution >= 4 is 11.8 Å². The van der Waals surface area contributed by atoms with Crippen LogP contribution in [0.3, 0.4) is 0 Å². The second-order valence-electron chi connectivity index (χ2n) is 3.08. The molecule has 0 radical (unpaired) electrons. The lowest BCUT2D eigenvalue weighted by Crippen LogP contribution is -2.41. The van der Waals surface area contributed by atoms with Crippen molar-refractivity contribution in [3.05, 3.63) is 0 Å². The maximum atomic E-state index is 11.3. The molecule has 0 saturated carbocycles. The summed E-state index contributed by atoms with van der Waals surface area (Å²) >= 11 is 0. The Morgan fingerprint density at radius 3 is 2.15 bits per heavy atom. The van der Waals surface area contributed by atoms with Crippen LogP contribution in [-0.4, -0.2) is 34.5 Å². The highest BCUT2D eigenvalue weighted by Crippen LogP contribution is 2.04. The van der Waals surface area contributed by atoms with Gasteiger partial charge in [-0.05, 0) is 13.8 Å². The number of carbonyl (C=O) groups is 2. The van der Waals surface area contributed by atoms with E-state index in [4.69, 9.17) is 5.11 Å². The van der Waals surface area contributed by atoms with E-state index in [1.54, 1.807) is 20.8 Å². The molecule has 0 rings (SSSR count). The normalized spacial score (nSPS) is 10.2. The average Bonchev–Trinajstić information content (AvgIpc) is 2.04. The number of imide groups is 1. The highest BCUT2D eigenvalue weighted by molar-refractivity contribution is 5.95. The van der Waals surface area contributed by atoms with Crippen LogP contribution >= 0.6 is 0 Å². The molecule has 0 aromatic carbocycles. The van der Waals surface area contributed by atoms with Crippen LogP contribution in [0.1, 0.15) is 33.6 Å². The van der Waals surface area contributed by atoms with Crippen LogP contribution in [0.4, 0.5) is 0 Å². The van der Waals surface area contributed by atoms with Gasteiger partial charge in [0.25, 0.3) is 0 Å². The van der Waals surface area contributed by atoms with Crippen LogP contribution in [0.2, 0.25) is 0 Å². The molecule has 13 heavy (non-hydrogen) atoms. The summed E-state index contributed by atoms with van der Waals surface area (Å²) in [5, 5.41) is 8.56. The van der Waals surface area contributed by atoms with E-state index in [0.717, 1.165) is 0 Å². The third kappa shape index (κ3) is 3.55. The van der Waals surface area contributed by atoms with E-state index in [9.17, 15) is 9.59 Å². The van der Waals surface area contributed by atoms with Crippen LogP contribution in [0.25, 0.3) is 0 Å². The minimum atomic E-state index is -0.302. The molecule has 0 heterocycles. The third-order valence-electron chi connectivity index (χ3n) is 1.68. The summed E-state index contributed by atoms with van der Waals surface area (Å²) in [4.78, 5) is 23.8. The summed E-state index contributed by atoms with van der Waals surface area (Å²) in [5.41, 5.74) is 0. The highest BCUT2D eigenvalue weighted by atomic mass is 16.3. The molecule has 4 nitrogen and oxygen atoms in total. The van der Waals surface area contributed by atoms with Crippen LogP contribution in [0.5, 0.6) is 0 Å². The number of aliphatic hydroxyl groups is 1. The molecule has 0 spiro atoms. The number of carbonyl (C=O) groups excluding carboxylic acids is 2. The molecule has 0 aliphatic heterocycles. The zero-order valence-corrected chi connectivity index (χ0v) is 8.41. The van der Waals surface area contributed by atoms with Crippen molar-refractivity contribution in [2.75, 3.05) is 6.61 Å². The summed E-state index contributed by atoms with van der Waals surface area (Å²) < 4.78 is 0. The molecule has 0 aromatic heterocycles. The smallest absolute Gasteiger partial charge is 0.231 e. The second-order valence-corrected chi connectivity index (χ2v) is 3.08. The molecule has 0 bridgehead atoms. The van der Waals surface area contributed by atoms with Gasteiger partial charge in [-0.2, -0.15) is 0 Å². The zero-order valence-electron chi connectivity index (χ0n) is 8.41. The van der Waals surface area contributed by atoms with Gasteiger partial charge in [-0.25, -0.2) is 0 Å². The molecule has 76 valence electrons. The van der Waals surface area contributed by atoms with E-state index >= 15 is 0 Å². The minimum Gasteiger partial charge on any atom is -0.396 e. The Kier molecular flexibility index (Phi) is 5.30. The third-order valence-corrected chi connectivity index (χ3v) is 1.68. The van der Waals surface area contributed by atoms with Gasteiger partial charge in [0.15, 0.2) is 0 Å². The summed E-state index contributed by atoms with van der Waals surface area (Å²) in [6.07, 6.45) is 0.333. The Balaban J connectivity index is 4.41. The molecule has 0 fully saturated rings. The molecule has 1 N–H and O–H groups in total. The first-order chi connectivity index (χ1) is 6.04. The van der Waals surface area contributed by atoms with Crippen molar-refractivity contribution in [1.82, 2.24) is 4.90 Å². The van der Waals surface area contributed by atoms with Crippen LogP contribution < -0.4 is 0 Å². The fourth-order valence-electron chi connectivity index (χ4n) is 1.10. The first kappa shape index (κ1) is 12.1. The predicted molar refractivity (Wildman–Crippen MR) is 49.0 cm³/mol. The first-order valence-corrected chi connectivity index (χ1v) is 4.50. The van der Waals surface area contributed by atoms with Crippen molar-refractivity contribution in [3.63, 3.8) is 0 Å². The molecule has 0 saturated heterocycles. The number of amides is 2. The van der Waals surface area contributed by atoms with Gasteiger partial charge in [-0.1, -0.05) is 6.92 Å². The van der Waals surface area contributed by atoms with Crippen LogP contribution in [0, 0.1) is 0 Å². The van der Waals surface area contributed by atoms with E-state index in [2.05, 4.69) is 0 Å². The summed E-state index contributed by atoms with van der Waals surface area (Å²) in [6, 6.07) is -0.133. The summed E-state index contributed by atoms with van der Waals surface area (Å²) in [6.45, 7) is 5.06. The SMILES string of the molecule is CCC(=O)N(C(=O)CCO)C(C)C. The van der Waals surface area contributed by atoms with Gasteiger partial charge in [0.05, 0.1) is 13.0 Å². The maximum absolute atomic E-state index is 11.3. The molecular weight excluding hydrogens is 170 g/mol. The van der Waals surface area contributed by atoms with Gasteiger partial charge in [-0.15, -0.1) is 0 Å². The van der Waals surface area contributed by atoms with E-state index in [1.165, 1.54) is 4.90 Å². The Bertz CT molecular complexity index is 189.